The van der Waals surface area contributed by atoms with Crippen LogP contribution in [0.25, 0.3) is 12.2 Å². The van der Waals surface area contributed by atoms with Crippen molar-refractivity contribution in [1.29, 1.82) is 0 Å². The summed E-state index contributed by atoms with van der Waals surface area (Å²) in [6, 6.07) is 14.9. The summed E-state index contributed by atoms with van der Waals surface area (Å²) < 4.78 is 0. The van der Waals surface area contributed by atoms with Gasteiger partial charge in [0.1, 0.15) is 6.04 Å². The van der Waals surface area contributed by atoms with Crippen LogP contribution in [0.3, 0.4) is 0 Å². The zero-order valence-corrected chi connectivity index (χ0v) is 16.5. The smallest absolute Gasteiger partial charge is 0.303 e. The van der Waals surface area contributed by atoms with E-state index in [9.17, 15) is 14.4 Å². The number of piperazine rings is 1. The molecule has 0 saturated carbocycles. The third kappa shape index (κ3) is 3.97. The van der Waals surface area contributed by atoms with Gasteiger partial charge in [-0.25, -0.2) is 0 Å². The molecule has 2 N–H and O–H groups in total. The Kier molecular flexibility index (Phi) is 5.63. The molecule has 2 aliphatic heterocycles. The van der Waals surface area contributed by atoms with Gasteiger partial charge in [-0.1, -0.05) is 48.6 Å². The van der Waals surface area contributed by atoms with Gasteiger partial charge in [-0.2, -0.15) is 0 Å². The van der Waals surface area contributed by atoms with Crippen molar-refractivity contribution in [1.82, 2.24) is 10.2 Å². The Labute approximate surface area is 174 Å². The number of benzene rings is 2. The monoisotopic (exact) mass is 405 g/mol. The van der Waals surface area contributed by atoms with E-state index in [1.807, 2.05) is 60.7 Å². The lowest BCUT2D eigenvalue weighted by Gasteiger charge is -2.36. The van der Waals surface area contributed by atoms with Gasteiger partial charge in [-0.3, -0.25) is 19.3 Å². The average Bonchev–Trinajstić information content (AvgIpc) is 2.94. The van der Waals surface area contributed by atoms with Gasteiger partial charge < -0.3 is 15.3 Å². The van der Waals surface area contributed by atoms with Crippen LogP contribution in [0.15, 0.2) is 48.5 Å². The van der Waals surface area contributed by atoms with Gasteiger partial charge in [0, 0.05) is 26.1 Å². The van der Waals surface area contributed by atoms with Crippen LogP contribution in [0.4, 0.5) is 11.4 Å². The second kappa shape index (κ2) is 8.51. The number of nitrogens with one attached hydrogen (secondary N) is 1. The molecule has 1 saturated heterocycles. The second-order valence-electron chi connectivity index (χ2n) is 7.36. The zero-order chi connectivity index (χ0) is 21.1. The van der Waals surface area contributed by atoms with Crippen LogP contribution in [0.1, 0.15) is 24.0 Å². The van der Waals surface area contributed by atoms with E-state index in [0.29, 0.717) is 13.1 Å². The molecule has 0 aromatic heterocycles. The molecule has 2 aromatic rings. The summed E-state index contributed by atoms with van der Waals surface area (Å²) in [5, 5.41) is 12.1. The van der Waals surface area contributed by atoms with Gasteiger partial charge in [0.15, 0.2) is 0 Å². The number of aliphatic carboxylic acids is 1. The highest BCUT2D eigenvalue weighted by molar-refractivity contribution is 6.08. The molecule has 1 atom stereocenters. The first-order valence-electron chi connectivity index (χ1n) is 9.97. The standard InChI is InChI=1S/C23H23N3O4/c27-21(11-12-22(28)29)25-14-13-24-18(15-25)23(30)26-19-7-3-1-5-16(19)9-10-17-6-2-4-8-20(17)26/h1-10,18,24H,11-15H2,(H,28,29). The predicted molar refractivity (Wildman–Crippen MR) is 114 cm³/mol. The van der Waals surface area contributed by atoms with E-state index < -0.39 is 12.0 Å². The molecule has 4 rings (SSSR count). The molecule has 1 fully saturated rings. The molecule has 1 unspecified atom stereocenters. The minimum atomic E-state index is -1.00. The van der Waals surface area contributed by atoms with Crippen LogP contribution in [0, 0.1) is 0 Å². The van der Waals surface area contributed by atoms with Crippen molar-refractivity contribution in [3.8, 4) is 0 Å². The Balaban J connectivity index is 1.62. The zero-order valence-electron chi connectivity index (χ0n) is 16.5. The first kappa shape index (κ1) is 19.8. The van der Waals surface area contributed by atoms with Crippen molar-refractivity contribution < 1.29 is 19.5 Å². The van der Waals surface area contributed by atoms with E-state index in [1.165, 1.54) is 0 Å². The van der Waals surface area contributed by atoms with Gasteiger partial charge in [0.05, 0.1) is 17.8 Å². The van der Waals surface area contributed by atoms with Crippen LogP contribution >= 0.6 is 0 Å². The van der Waals surface area contributed by atoms with Gasteiger partial charge in [-0.15, -0.1) is 0 Å². The van der Waals surface area contributed by atoms with Gasteiger partial charge in [0.2, 0.25) is 5.91 Å². The second-order valence-corrected chi connectivity index (χ2v) is 7.36. The molecule has 2 aliphatic rings. The number of para-hydroxylation sites is 2. The maximum absolute atomic E-state index is 13.7. The third-order valence-corrected chi connectivity index (χ3v) is 5.40. The number of hydrogen-bond donors (Lipinski definition) is 2. The Morgan fingerprint density at radius 3 is 2.13 bits per heavy atom. The topological polar surface area (TPSA) is 90.0 Å². The molecule has 0 aliphatic carbocycles. The third-order valence-electron chi connectivity index (χ3n) is 5.40. The van der Waals surface area contributed by atoms with E-state index in [2.05, 4.69) is 5.32 Å². The normalized spacial score (nSPS) is 17.7. The SMILES string of the molecule is O=C(O)CCC(=O)N1CCNC(C(=O)N2c3ccccc3C=Cc3ccccc32)C1. The van der Waals surface area contributed by atoms with Crippen molar-refractivity contribution in [3.05, 3.63) is 59.7 Å². The number of nitrogens with zero attached hydrogens (tertiary/aromatic N) is 2. The summed E-state index contributed by atoms with van der Waals surface area (Å²) in [6.45, 7) is 1.15. The van der Waals surface area contributed by atoms with Crippen LogP contribution in [0.5, 0.6) is 0 Å². The molecule has 2 amide bonds. The number of carbonyl (C=O) groups excluding carboxylic acids is 2. The van der Waals surface area contributed by atoms with E-state index in [1.54, 1.807) is 9.80 Å². The van der Waals surface area contributed by atoms with Gasteiger partial charge >= 0.3 is 5.97 Å². The lowest BCUT2D eigenvalue weighted by Crippen LogP contribution is -2.58. The summed E-state index contributed by atoms with van der Waals surface area (Å²) in [5.41, 5.74) is 3.46. The lowest BCUT2D eigenvalue weighted by molar-refractivity contribution is -0.141. The highest BCUT2D eigenvalue weighted by Crippen LogP contribution is 2.36. The molecule has 30 heavy (non-hydrogen) atoms. The molecule has 0 radical (unpaired) electrons. The highest BCUT2D eigenvalue weighted by atomic mass is 16.4. The van der Waals surface area contributed by atoms with Crippen molar-refractivity contribution in [2.75, 3.05) is 24.5 Å². The van der Waals surface area contributed by atoms with E-state index >= 15 is 0 Å². The van der Waals surface area contributed by atoms with Crippen LogP contribution in [-0.2, 0) is 14.4 Å². The average molecular weight is 405 g/mol. The van der Waals surface area contributed by atoms with Gasteiger partial charge in [-0.05, 0) is 23.3 Å². The van der Waals surface area contributed by atoms with E-state index in [4.69, 9.17) is 5.11 Å². The number of carbonyl (C=O) groups is 3. The summed E-state index contributed by atoms with van der Waals surface area (Å²) in [4.78, 5) is 40.1. The fourth-order valence-electron chi connectivity index (χ4n) is 3.88. The minimum Gasteiger partial charge on any atom is -0.481 e. The summed E-state index contributed by atoms with van der Waals surface area (Å²) in [5.74, 6) is -1.39. The quantitative estimate of drug-likeness (QED) is 0.816. The maximum atomic E-state index is 13.7. The molecular weight excluding hydrogens is 382 g/mol. The fraction of sp³-hybridized carbons (Fsp3) is 0.261. The highest BCUT2D eigenvalue weighted by Gasteiger charge is 2.34. The molecule has 2 aromatic carbocycles. The summed E-state index contributed by atoms with van der Waals surface area (Å²) in [7, 11) is 0. The van der Waals surface area contributed by atoms with Crippen molar-refractivity contribution in [3.63, 3.8) is 0 Å². The van der Waals surface area contributed by atoms with Crippen LogP contribution in [-0.4, -0.2) is 53.5 Å². The predicted octanol–water partition coefficient (Wildman–Crippen LogP) is 2.50. The van der Waals surface area contributed by atoms with Crippen molar-refractivity contribution in [2.24, 2.45) is 0 Å². The fourth-order valence-corrected chi connectivity index (χ4v) is 3.88. The number of anilines is 2. The van der Waals surface area contributed by atoms with Crippen molar-refractivity contribution >= 4 is 41.3 Å². The van der Waals surface area contributed by atoms with Crippen LogP contribution in [0.2, 0.25) is 0 Å². The Morgan fingerprint density at radius 1 is 0.933 bits per heavy atom. The van der Waals surface area contributed by atoms with Crippen molar-refractivity contribution in [2.45, 2.75) is 18.9 Å². The van der Waals surface area contributed by atoms with Crippen LogP contribution < -0.4 is 10.2 Å². The number of rotatable bonds is 4. The molecule has 0 spiro atoms. The Hall–Kier alpha value is -3.45. The largest absolute Gasteiger partial charge is 0.481 e. The maximum Gasteiger partial charge on any atom is 0.303 e. The number of hydrogen-bond acceptors (Lipinski definition) is 4. The Bertz CT molecular complexity index is 968. The first-order chi connectivity index (χ1) is 14.5. The summed E-state index contributed by atoms with van der Waals surface area (Å²) in [6.07, 6.45) is 3.73. The lowest BCUT2D eigenvalue weighted by atomic mass is 10.1. The molecule has 7 heteroatoms. The number of amides is 2. The van der Waals surface area contributed by atoms with E-state index in [-0.39, 0.29) is 31.2 Å². The number of fused-ring (bicyclic) bond motifs is 2. The number of carboxylic acid groups (broad SMARTS) is 1. The Morgan fingerprint density at radius 2 is 1.53 bits per heavy atom. The molecular formula is C23H23N3O4. The molecule has 0 bridgehead atoms. The molecule has 154 valence electrons. The summed E-state index contributed by atoms with van der Waals surface area (Å²) >= 11 is 0. The minimum absolute atomic E-state index is 0.0600. The van der Waals surface area contributed by atoms with E-state index in [0.717, 1.165) is 22.5 Å². The van der Waals surface area contributed by atoms with Gasteiger partial charge in [0.25, 0.3) is 5.91 Å². The number of carboxylic acids is 1. The first-order valence-corrected chi connectivity index (χ1v) is 9.97. The molecule has 7 nitrogen and oxygen atoms in total. The molecule has 2 heterocycles.